The molecule has 2 heterocycles. The molecule has 10 nitrogen and oxygen atoms in total. The van der Waals surface area contributed by atoms with E-state index in [-0.39, 0.29) is 44.1 Å². The lowest BCUT2D eigenvalue weighted by Gasteiger charge is -2.17. The second-order valence-corrected chi connectivity index (χ2v) is 9.45. The summed E-state index contributed by atoms with van der Waals surface area (Å²) in [6.45, 7) is 1.79. The number of nitrogens with zero attached hydrogens (tertiary/aromatic N) is 3. The van der Waals surface area contributed by atoms with E-state index in [0.29, 0.717) is 12.1 Å². The van der Waals surface area contributed by atoms with Crippen molar-refractivity contribution < 1.29 is 17.6 Å². The third-order valence-corrected chi connectivity index (χ3v) is 6.83. The minimum Gasteiger partial charge on any atom is -0.464 e. The monoisotopic (exact) mass is 482 g/mol. The van der Waals surface area contributed by atoms with Crippen LogP contribution in [0, 0.1) is 22.7 Å². The Balaban J connectivity index is 1.92. The van der Waals surface area contributed by atoms with Crippen LogP contribution in [0.1, 0.15) is 24.5 Å². The van der Waals surface area contributed by atoms with Crippen molar-refractivity contribution in [3.05, 3.63) is 53.8 Å². The number of hydrogen-bond donors (Lipinski definition) is 3. The van der Waals surface area contributed by atoms with E-state index in [1.54, 1.807) is 19.1 Å². The molecule has 0 saturated heterocycles. The molecule has 0 aliphatic heterocycles. The summed E-state index contributed by atoms with van der Waals surface area (Å²) < 4.78 is 28.2. The summed E-state index contributed by atoms with van der Waals surface area (Å²) in [5, 5.41) is 26.6. The van der Waals surface area contributed by atoms with Crippen LogP contribution in [0.15, 0.2) is 57.0 Å². The van der Waals surface area contributed by atoms with Gasteiger partial charge in [-0.2, -0.15) is 10.5 Å². The maximum atomic E-state index is 12.9. The molecule has 1 amide bonds. The number of aromatic nitrogens is 1. The highest BCUT2D eigenvalue weighted by atomic mass is 32.2. The van der Waals surface area contributed by atoms with Crippen molar-refractivity contribution in [1.29, 1.82) is 10.5 Å². The summed E-state index contributed by atoms with van der Waals surface area (Å²) >= 11 is 1.03. The predicted octanol–water partition coefficient (Wildman–Crippen LogP) is 2.82. The number of nitrogens with one attached hydrogen (secondary N) is 1. The number of amides is 1. The van der Waals surface area contributed by atoms with Crippen molar-refractivity contribution in [2.45, 2.75) is 28.5 Å². The Bertz CT molecular complexity index is 1370. The van der Waals surface area contributed by atoms with Crippen molar-refractivity contribution in [2.75, 3.05) is 11.1 Å². The van der Waals surface area contributed by atoms with Gasteiger partial charge >= 0.3 is 0 Å². The fourth-order valence-electron chi connectivity index (χ4n) is 2.96. The minimum atomic E-state index is -3.85. The lowest BCUT2D eigenvalue weighted by atomic mass is 10.0. The van der Waals surface area contributed by atoms with Gasteiger partial charge in [0.25, 0.3) is 0 Å². The number of pyridine rings is 1. The number of sulfonamides is 1. The molecule has 3 rings (SSSR count). The zero-order valence-electron chi connectivity index (χ0n) is 17.3. The van der Waals surface area contributed by atoms with Crippen LogP contribution in [0.25, 0.3) is 11.3 Å². The summed E-state index contributed by atoms with van der Waals surface area (Å²) in [5.41, 5.74) is 6.64. The molecule has 1 atom stereocenters. The maximum absolute atomic E-state index is 12.9. The molecule has 0 bridgehead atoms. The smallest absolute Gasteiger partial charge is 0.238 e. The maximum Gasteiger partial charge on any atom is 0.238 e. The standard InChI is InChI=1S/C21H18N6O4S2/c1-2-17(20(28)26-12-5-7-13(8-6-12)33(25,29)30)32-21-15(11-23)18(16-4-3-9-31-16)14(10-22)19(24)27-21/h3-9,17H,2H2,1H3,(H2,24,27)(H,26,28)(H2,25,29,30). The van der Waals surface area contributed by atoms with Gasteiger partial charge in [0.05, 0.1) is 27.5 Å². The lowest BCUT2D eigenvalue weighted by molar-refractivity contribution is -0.115. The zero-order valence-corrected chi connectivity index (χ0v) is 18.9. The minimum absolute atomic E-state index is 0.0123. The molecule has 3 aromatic rings. The van der Waals surface area contributed by atoms with E-state index < -0.39 is 15.3 Å². The van der Waals surface area contributed by atoms with E-state index >= 15 is 0 Å². The van der Waals surface area contributed by atoms with Crippen LogP contribution in [0.3, 0.4) is 0 Å². The molecule has 0 fully saturated rings. The first-order valence-electron chi connectivity index (χ1n) is 9.47. The van der Waals surface area contributed by atoms with Gasteiger partial charge in [0, 0.05) is 5.69 Å². The van der Waals surface area contributed by atoms with Crippen molar-refractivity contribution in [3.8, 4) is 23.5 Å². The SMILES string of the molecule is CCC(Sc1nc(N)c(C#N)c(-c2ccco2)c1C#N)C(=O)Nc1ccc(S(N)(=O)=O)cc1. The van der Waals surface area contributed by atoms with Gasteiger partial charge in [0.2, 0.25) is 15.9 Å². The van der Waals surface area contributed by atoms with Gasteiger partial charge in [-0.05, 0) is 42.8 Å². The topological polar surface area (TPSA) is 189 Å². The van der Waals surface area contributed by atoms with Gasteiger partial charge in [0.1, 0.15) is 34.3 Å². The third kappa shape index (κ3) is 5.15. The molecule has 1 aromatic carbocycles. The zero-order chi connectivity index (χ0) is 24.2. The van der Waals surface area contributed by atoms with Gasteiger partial charge in [-0.25, -0.2) is 18.5 Å². The molecule has 33 heavy (non-hydrogen) atoms. The number of carbonyl (C=O) groups excluding carboxylic acids is 1. The van der Waals surface area contributed by atoms with Crippen LogP contribution in [0.5, 0.6) is 0 Å². The van der Waals surface area contributed by atoms with Crippen LogP contribution >= 0.6 is 11.8 Å². The fraction of sp³-hybridized carbons (Fsp3) is 0.143. The number of nitrogens with two attached hydrogens (primary N) is 2. The van der Waals surface area contributed by atoms with Crippen molar-refractivity contribution in [3.63, 3.8) is 0 Å². The fourth-order valence-corrected chi connectivity index (χ4v) is 4.49. The number of carbonyl (C=O) groups is 1. The molecular weight excluding hydrogens is 464 g/mol. The average Bonchev–Trinajstić information content (AvgIpc) is 3.31. The highest BCUT2D eigenvalue weighted by molar-refractivity contribution is 8.00. The van der Waals surface area contributed by atoms with Gasteiger partial charge in [-0.1, -0.05) is 18.7 Å². The largest absolute Gasteiger partial charge is 0.464 e. The Morgan fingerprint density at radius 2 is 1.88 bits per heavy atom. The molecule has 0 spiro atoms. The number of rotatable bonds is 7. The van der Waals surface area contributed by atoms with Crippen LogP contribution in [0.2, 0.25) is 0 Å². The summed E-state index contributed by atoms with van der Waals surface area (Å²) in [7, 11) is -3.85. The molecule has 0 aliphatic rings. The molecule has 0 aliphatic carbocycles. The van der Waals surface area contributed by atoms with Gasteiger partial charge in [-0.15, -0.1) is 0 Å². The molecular formula is C21H18N6O4S2. The van der Waals surface area contributed by atoms with Crippen LogP contribution in [-0.2, 0) is 14.8 Å². The number of anilines is 2. The Kier molecular flexibility index (Phi) is 7.04. The Hall–Kier alpha value is -3.84. The molecule has 2 aromatic heterocycles. The number of nitrogen functional groups attached to an aromatic ring is 1. The predicted molar refractivity (Wildman–Crippen MR) is 122 cm³/mol. The number of primary sulfonamides is 1. The number of benzene rings is 1. The third-order valence-electron chi connectivity index (χ3n) is 4.55. The van der Waals surface area contributed by atoms with E-state index in [9.17, 15) is 23.7 Å². The Morgan fingerprint density at radius 3 is 2.39 bits per heavy atom. The Morgan fingerprint density at radius 1 is 1.21 bits per heavy atom. The molecule has 0 saturated carbocycles. The van der Waals surface area contributed by atoms with Crippen molar-refractivity contribution >= 4 is 39.2 Å². The second-order valence-electron chi connectivity index (χ2n) is 6.70. The van der Waals surface area contributed by atoms with Crippen molar-refractivity contribution in [1.82, 2.24) is 4.98 Å². The van der Waals surface area contributed by atoms with E-state index in [4.69, 9.17) is 15.3 Å². The Labute approximate surface area is 194 Å². The normalized spacial score (nSPS) is 11.9. The summed E-state index contributed by atoms with van der Waals surface area (Å²) in [4.78, 5) is 17.0. The summed E-state index contributed by atoms with van der Waals surface area (Å²) in [6, 6.07) is 12.6. The van der Waals surface area contributed by atoms with E-state index in [1.165, 1.54) is 30.5 Å². The average molecular weight is 483 g/mol. The van der Waals surface area contributed by atoms with E-state index in [1.807, 2.05) is 12.1 Å². The van der Waals surface area contributed by atoms with Crippen LogP contribution in [0.4, 0.5) is 11.5 Å². The van der Waals surface area contributed by atoms with Crippen molar-refractivity contribution in [2.24, 2.45) is 5.14 Å². The summed E-state index contributed by atoms with van der Waals surface area (Å²) in [5.74, 6) is -0.190. The number of nitriles is 2. The van der Waals surface area contributed by atoms with Crippen LogP contribution < -0.4 is 16.2 Å². The highest BCUT2D eigenvalue weighted by Gasteiger charge is 2.26. The first kappa shape index (κ1) is 23.8. The number of furan rings is 1. The number of hydrogen-bond acceptors (Lipinski definition) is 9. The van der Waals surface area contributed by atoms with E-state index in [0.717, 1.165) is 11.8 Å². The van der Waals surface area contributed by atoms with Crippen LogP contribution in [-0.4, -0.2) is 24.6 Å². The van der Waals surface area contributed by atoms with E-state index in [2.05, 4.69) is 10.3 Å². The van der Waals surface area contributed by atoms with Gasteiger partial charge in [-0.3, -0.25) is 4.79 Å². The lowest BCUT2D eigenvalue weighted by Crippen LogP contribution is -2.25. The molecule has 5 N–H and O–H groups in total. The quantitative estimate of drug-likeness (QED) is 0.425. The second kappa shape index (κ2) is 9.75. The first-order chi connectivity index (χ1) is 15.7. The van der Waals surface area contributed by atoms with Gasteiger partial charge in [0.15, 0.2) is 0 Å². The summed E-state index contributed by atoms with van der Waals surface area (Å²) in [6.07, 6.45) is 1.79. The highest BCUT2D eigenvalue weighted by Crippen LogP contribution is 2.37. The number of thioether (sulfide) groups is 1. The molecule has 12 heteroatoms. The molecule has 168 valence electrons. The molecule has 0 radical (unpaired) electrons. The van der Waals surface area contributed by atoms with Gasteiger partial charge < -0.3 is 15.5 Å². The first-order valence-corrected chi connectivity index (χ1v) is 11.9. The molecule has 1 unspecified atom stereocenters.